The molecule has 0 amide bonds. The Kier molecular flexibility index (Phi) is 4.35. The first-order chi connectivity index (χ1) is 11.2. The molecule has 1 aliphatic heterocycles. The van der Waals surface area contributed by atoms with Crippen LogP contribution in [0, 0.1) is 11.8 Å². The molecule has 2 aromatic heterocycles. The van der Waals surface area contributed by atoms with Crippen LogP contribution < -0.4 is 15.8 Å². The molecule has 3 rings (SSSR count). The number of nitrogens with zero attached hydrogens (tertiary/aromatic N) is 5. The van der Waals surface area contributed by atoms with Gasteiger partial charge in [0.15, 0.2) is 0 Å². The van der Waals surface area contributed by atoms with E-state index in [4.69, 9.17) is 0 Å². The summed E-state index contributed by atoms with van der Waals surface area (Å²) in [6, 6.07) is 0.440. The van der Waals surface area contributed by atoms with Gasteiger partial charge in [0.05, 0.1) is 12.7 Å². The highest BCUT2D eigenvalue weighted by Gasteiger charge is 2.24. The number of rotatable bonds is 3. The second-order valence-electron chi connectivity index (χ2n) is 5.81. The van der Waals surface area contributed by atoms with E-state index in [0.29, 0.717) is 23.6 Å². The topological polar surface area (TPSA) is 68.0 Å². The van der Waals surface area contributed by atoms with Gasteiger partial charge in [-0.15, -0.1) is 5.92 Å². The van der Waals surface area contributed by atoms with Crippen molar-refractivity contribution in [3.63, 3.8) is 0 Å². The zero-order chi connectivity index (χ0) is 16.4. The summed E-state index contributed by atoms with van der Waals surface area (Å²) < 4.78 is 3.27. The number of aromatic nitrogens is 4. The molecule has 0 aromatic carbocycles. The standard InChI is InChI=1S/C16H22N6O/c1-4-5-9-22-14-13(10-18-20(3)15(14)23)19-16(22)21-8-6-7-12(11-21)17-2/h10,12,17H,6-9,11H2,1-3H3. The lowest BCUT2D eigenvalue weighted by Crippen LogP contribution is -2.45. The Morgan fingerprint density at radius 3 is 3.04 bits per heavy atom. The van der Waals surface area contributed by atoms with Crippen LogP contribution >= 0.6 is 0 Å². The summed E-state index contributed by atoms with van der Waals surface area (Å²) in [5, 5.41) is 7.41. The molecule has 0 radical (unpaired) electrons. The van der Waals surface area contributed by atoms with E-state index in [-0.39, 0.29) is 5.56 Å². The Morgan fingerprint density at radius 1 is 1.48 bits per heavy atom. The fraction of sp³-hybridized carbons (Fsp3) is 0.562. The predicted octanol–water partition coefficient (Wildman–Crippen LogP) is 0.342. The minimum Gasteiger partial charge on any atom is -0.341 e. The zero-order valence-corrected chi connectivity index (χ0v) is 13.8. The molecule has 23 heavy (non-hydrogen) atoms. The van der Waals surface area contributed by atoms with Gasteiger partial charge in [0.25, 0.3) is 5.56 Å². The van der Waals surface area contributed by atoms with E-state index in [1.165, 1.54) is 4.68 Å². The van der Waals surface area contributed by atoms with E-state index < -0.39 is 0 Å². The molecule has 0 spiro atoms. The van der Waals surface area contributed by atoms with Crippen molar-refractivity contribution in [3.8, 4) is 11.8 Å². The zero-order valence-electron chi connectivity index (χ0n) is 13.8. The van der Waals surface area contributed by atoms with Crippen LogP contribution in [-0.4, -0.2) is 45.5 Å². The average molecular weight is 314 g/mol. The largest absolute Gasteiger partial charge is 0.341 e. The minimum atomic E-state index is -0.138. The van der Waals surface area contributed by atoms with E-state index in [9.17, 15) is 4.79 Å². The van der Waals surface area contributed by atoms with Crippen LogP contribution in [0.4, 0.5) is 5.95 Å². The minimum absolute atomic E-state index is 0.138. The molecule has 122 valence electrons. The molecule has 1 aliphatic rings. The molecule has 0 aliphatic carbocycles. The van der Waals surface area contributed by atoms with Gasteiger partial charge in [-0.2, -0.15) is 5.10 Å². The normalized spacial score (nSPS) is 18.0. The van der Waals surface area contributed by atoms with Crippen molar-refractivity contribution in [1.82, 2.24) is 24.6 Å². The summed E-state index contributed by atoms with van der Waals surface area (Å²) >= 11 is 0. The van der Waals surface area contributed by atoms with Crippen molar-refractivity contribution in [2.45, 2.75) is 32.4 Å². The van der Waals surface area contributed by atoms with Crippen LogP contribution in [0.2, 0.25) is 0 Å². The van der Waals surface area contributed by atoms with Gasteiger partial charge in [-0.25, -0.2) is 9.67 Å². The molecule has 0 bridgehead atoms. The van der Waals surface area contributed by atoms with Gasteiger partial charge in [0, 0.05) is 26.2 Å². The van der Waals surface area contributed by atoms with E-state index in [1.54, 1.807) is 20.2 Å². The predicted molar refractivity (Wildman–Crippen MR) is 90.5 cm³/mol. The maximum Gasteiger partial charge on any atom is 0.292 e. The molecule has 7 heteroatoms. The van der Waals surface area contributed by atoms with Crippen LogP contribution in [0.1, 0.15) is 19.8 Å². The SMILES string of the molecule is CC#CCn1c(N2CCCC(NC)C2)nc2cnn(C)c(=O)c21. The smallest absolute Gasteiger partial charge is 0.292 e. The Morgan fingerprint density at radius 2 is 2.30 bits per heavy atom. The van der Waals surface area contributed by atoms with Gasteiger partial charge >= 0.3 is 0 Å². The van der Waals surface area contributed by atoms with Gasteiger partial charge in [0.2, 0.25) is 5.95 Å². The van der Waals surface area contributed by atoms with Crippen molar-refractivity contribution in [1.29, 1.82) is 0 Å². The van der Waals surface area contributed by atoms with Crippen LogP contribution in [0.3, 0.4) is 0 Å². The molecule has 0 saturated carbocycles. The number of hydrogen-bond acceptors (Lipinski definition) is 5. The van der Waals surface area contributed by atoms with Crippen molar-refractivity contribution in [2.24, 2.45) is 7.05 Å². The lowest BCUT2D eigenvalue weighted by atomic mass is 10.1. The monoisotopic (exact) mass is 314 g/mol. The van der Waals surface area contributed by atoms with Crippen LogP contribution in [-0.2, 0) is 13.6 Å². The number of piperidine rings is 1. The highest BCUT2D eigenvalue weighted by atomic mass is 16.1. The van der Waals surface area contributed by atoms with Crippen molar-refractivity contribution >= 4 is 17.0 Å². The van der Waals surface area contributed by atoms with Crippen molar-refractivity contribution < 1.29 is 0 Å². The molecule has 1 unspecified atom stereocenters. The van der Waals surface area contributed by atoms with Crippen LogP contribution in [0.15, 0.2) is 11.0 Å². The quantitative estimate of drug-likeness (QED) is 0.828. The molecular formula is C16H22N6O. The summed E-state index contributed by atoms with van der Waals surface area (Å²) in [5.74, 6) is 6.77. The number of nitrogens with one attached hydrogen (secondary N) is 1. The number of aryl methyl sites for hydroxylation is 1. The number of likely N-dealkylation sites (N-methyl/N-ethyl adjacent to an activating group) is 1. The summed E-state index contributed by atoms with van der Waals surface area (Å²) in [5.41, 5.74) is 1.07. The highest BCUT2D eigenvalue weighted by molar-refractivity contribution is 5.77. The van der Waals surface area contributed by atoms with E-state index in [0.717, 1.165) is 31.9 Å². The molecular weight excluding hydrogens is 292 g/mol. The molecule has 1 N–H and O–H groups in total. The first-order valence-electron chi connectivity index (χ1n) is 7.90. The fourth-order valence-corrected chi connectivity index (χ4v) is 3.07. The van der Waals surface area contributed by atoms with Gasteiger partial charge in [-0.05, 0) is 26.8 Å². The molecule has 7 nitrogen and oxygen atoms in total. The summed E-state index contributed by atoms with van der Waals surface area (Å²) in [6.07, 6.45) is 3.91. The van der Waals surface area contributed by atoms with Crippen molar-refractivity contribution in [2.75, 3.05) is 25.0 Å². The number of anilines is 1. The first kappa shape index (κ1) is 15.6. The van der Waals surface area contributed by atoms with Crippen molar-refractivity contribution in [3.05, 3.63) is 16.6 Å². The Balaban J connectivity index is 2.13. The second kappa shape index (κ2) is 6.42. The first-order valence-corrected chi connectivity index (χ1v) is 7.90. The average Bonchev–Trinajstić information content (AvgIpc) is 2.95. The molecule has 1 fully saturated rings. The summed E-state index contributed by atoms with van der Waals surface area (Å²) in [4.78, 5) is 19.4. The van der Waals surface area contributed by atoms with Gasteiger partial charge in [-0.3, -0.25) is 9.36 Å². The Bertz CT molecular complexity index is 825. The van der Waals surface area contributed by atoms with Gasteiger partial charge < -0.3 is 10.2 Å². The number of hydrogen-bond donors (Lipinski definition) is 1. The Labute approximate surface area is 135 Å². The highest BCUT2D eigenvalue weighted by Crippen LogP contribution is 2.23. The van der Waals surface area contributed by atoms with E-state index in [2.05, 4.69) is 32.1 Å². The lowest BCUT2D eigenvalue weighted by Gasteiger charge is -2.33. The molecule has 3 heterocycles. The third kappa shape index (κ3) is 2.82. The number of imidazole rings is 1. The lowest BCUT2D eigenvalue weighted by molar-refractivity contribution is 0.443. The molecule has 1 saturated heterocycles. The third-order valence-corrected chi connectivity index (χ3v) is 4.35. The molecule has 1 atom stereocenters. The second-order valence-corrected chi connectivity index (χ2v) is 5.81. The third-order valence-electron chi connectivity index (χ3n) is 4.35. The maximum atomic E-state index is 12.5. The fourth-order valence-electron chi connectivity index (χ4n) is 3.07. The maximum absolute atomic E-state index is 12.5. The Hall–Kier alpha value is -2.33. The van der Waals surface area contributed by atoms with Gasteiger partial charge in [-0.1, -0.05) is 5.92 Å². The summed E-state index contributed by atoms with van der Waals surface area (Å²) in [6.45, 7) is 4.08. The number of fused-ring (bicyclic) bond motifs is 1. The van der Waals surface area contributed by atoms with Crippen LogP contribution in [0.5, 0.6) is 0 Å². The summed E-state index contributed by atoms with van der Waals surface area (Å²) in [7, 11) is 3.64. The molecule has 2 aromatic rings. The van der Waals surface area contributed by atoms with E-state index >= 15 is 0 Å². The van der Waals surface area contributed by atoms with Crippen LogP contribution in [0.25, 0.3) is 11.0 Å². The van der Waals surface area contributed by atoms with E-state index in [1.807, 2.05) is 11.6 Å². The van der Waals surface area contributed by atoms with Gasteiger partial charge in [0.1, 0.15) is 11.0 Å².